The van der Waals surface area contributed by atoms with Gasteiger partial charge in [-0.2, -0.15) is 0 Å². The molecule has 0 amide bonds. The molecule has 6 nitrogen and oxygen atoms in total. The minimum atomic E-state index is -0.297. The first-order valence-corrected chi connectivity index (χ1v) is 8.70. The zero-order valence-corrected chi connectivity index (χ0v) is 14.8. The molecule has 0 saturated heterocycles. The van der Waals surface area contributed by atoms with Crippen molar-refractivity contribution in [3.63, 3.8) is 0 Å². The summed E-state index contributed by atoms with van der Waals surface area (Å²) in [6, 6.07) is 11.6. The lowest BCUT2D eigenvalue weighted by molar-refractivity contribution is 0.300. The Kier molecular flexibility index (Phi) is 3.68. The molecule has 0 unspecified atom stereocenters. The van der Waals surface area contributed by atoms with Crippen LogP contribution in [0.3, 0.4) is 0 Å². The minimum absolute atomic E-state index is 0.276. The number of nitrogens with zero attached hydrogens (tertiary/aromatic N) is 5. The van der Waals surface area contributed by atoms with Gasteiger partial charge < -0.3 is 9.30 Å². The third-order valence-electron chi connectivity index (χ3n) is 4.54. The minimum Gasteiger partial charge on any atom is -0.487 e. The number of rotatable bonds is 3. The zero-order valence-electron chi connectivity index (χ0n) is 14.0. The summed E-state index contributed by atoms with van der Waals surface area (Å²) in [6.07, 6.45) is 4.10. The number of ether oxygens (including phenoxy) is 1. The van der Waals surface area contributed by atoms with E-state index in [0.717, 1.165) is 28.5 Å². The Hall–Kier alpha value is -3.19. The molecule has 0 N–H and O–H groups in total. The SMILES string of the molecule is Fc1ccc(OCc2ncn3c2Cc2cnnn2-c2cc(Cl)ccc2-3)cc1. The second-order valence-electron chi connectivity index (χ2n) is 6.20. The van der Waals surface area contributed by atoms with Gasteiger partial charge in [-0.3, -0.25) is 0 Å². The lowest BCUT2D eigenvalue weighted by atomic mass is 10.2. The first-order chi connectivity index (χ1) is 13.2. The van der Waals surface area contributed by atoms with Crippen LogP contribution in [0.2, 0.25) is 5.02 Å². The fourth-order valence-electron chi connectivity index (χ4n) is 3.23. The highest BCUT2D eigenvalue weighted by Crippen LogP contribution is 2.30. The Balaban J connectivity index is 1.55. The van der Waals surface area contributed by atoms with Gasteiger partial charge >= 0.3 is 0 Å². The maximum Gasteiger partial charge on any atom is 0.132 e. The number of fused-ring (bicyclic) bond motifs is 5. The molecule has 0 atom stereocenters. The Labute approximate surface area is 158 Å². The smallest absolute Gasteiger partial charge is 0.132 e. The first-order valence-electron chi connectivity index (χ1n) is 8.32. The predicted molar refractivity (Wildman–Crippen MR) is 97.0 cm³/mol. The van der Waals surface area contributed by atoms with Gasteiger partial charge in [0, 0.05) is 11.4 Å². The molecule has 27 heavy (non-hydrogen) atoms. The van der Waals surface area contributed by atoms with E-state index in [9.17, 15) is 4.39 Å². The topological polar surface area (TPSA) is 57.8 Å². The quantitative estimate of drug-likeness (QED) is 0.478. The Bertz CT molecular complexity index is 1140. The highest BCUT2D eigenvalue weighted by molar-refractivity contribution is 6.30. The summed E-state index contributed by atoms with van der Waals surface area (Å²) in [5.41, 5.74) is 4.48. The van der Waals surface area contributed by atoms with Crippen molar-refractivity contribution in [3.05, 3.63) is 82.9 Å². The molecule has 1 aliphatic rings. The third kappa shape index (κ3) is 2.76. The Morgan fingerprint density at radius 1 is 1.11 bits per heavy atom. The number of imidazole rings is 1. The van der Waals surface area contributed by atoms with Crippen LogP contribution in [0, 0.1) is 5.82 Å². The number of benzene rings is 2. The molecule has 2 aromatic carbocycles. The van der Waals surface area contributed by atoms with E-state index in [4.69, 9.17) is 16.3 Å². The van der Waals surface area contributed by atoms with Gasteiger partial charge in [0.05, 0.1) is 41.0 Å². The van der Waals surface area contributed by atoms with Crippen LogP contribution in [-0.4, -0.2) is 24.5 Å². The van der Waals surface area contributed by atoms with Crippen molar-refractivity contribution in [2.45, 2.75) is 13.0 Å². The number of aromatic nitrogens is 5. The van der Waals surface area contributed by atoms with Gasteiger partial charge in [0.2, 0.25) is 0 Å². The van der Waals surface area contributed by atoms with Gasteiger partial charge in [-0.25, -0.2) is 14.1 Å². The highest BCUT2D eigenvalue weighted by Gasteiger charge is 2.23. The van der Waals surface area contributed by atoms with Gasteiger partial charge in [0.15, 0.2) is 0 Å². The molecular weight excluding hydrogens is 369 g/mol. The number of hydrogen-bond donors (Lipinski definition) is 0. The molecular formula is C19H13ClFN5O. The van der Waals surface area contributed by atoms with Gasteiger partial charge in [0.25, 0.3) is 0 Å². The van der Waals surface area contributed by atoms with Crippen molar-refractivity contribution < 1.29 is 9.13 Å². The first kappa shape index (κ1) is 16.0. The summed E-state index contributed by atoms with van der Waals surface area (Å²) in [6.45, 7) is 0.276. The summed E-state index contributed by atoms with van der Waals surface area (Å²) < 4.78 is 22.7. The summed E-state index contributed by atoms with van der Waals surface area (Å²) in [4.78, 5) is 4.53. The maximum atomic E-state index is 13.1. The summed E-state index contributed by atoms with van der Waals surface area (Å²) in [7, 11) is 0. The van der Waals surface area contributed by atoms with Crippen molar-refractivity contribution >= 4 is 11.6 Å². The van der Waals surface area contributed by atoms with E-state index >= 15 is 0 Å². The van der Waals surface area contributed by atoms with E-state index in [1.807, 2.05) is 22.8 Å². The van der Waals surface area contributed by atoms with Crippen LogP contribution in [-0.2, 0) is 13.0 Å². The van der Waals surface area contributed by atoms with Crippen molar-refractivity contribution in [2.75, 3.05) is 0 Å². The molecule has 2 aromatic heterocycles. The van der Waals surface area contributed by atoms with Crippen molar-refractivity contribution in [1.29, 1.82) is 0 Å². The lowest BCUT2D eigenvalue weighted by Crippen LogP contribution is -2.04. The molecule has 3 heterocycles. The molecule has 0 radical (unpaired) electrons. The van der Waals surface area contributed by atoms with Crippen molar-refractivity contribution in [2.24, 2.45) is 0 Å². The van der Waals surface area contributed by atoms with E-state index in [1.165, 1.54) is 12.1 Å². The van der Waals surface area contributed by atoms with Crippen LogP contribution in [0.25, 0.3) is 11.4 Å². The normalized spacial score (nSPS) is 12.1. The average Bonchev–Trinajstić information content (AvgIpc) is 3.26. The standard InChI is InChI=1S/C19H13ClFN5O/c20-12-1-6-17-19(7-12)26-14(9-23-24-26)8-18-16(22-11-25(17)18)10-27-15-4-2-13(21)3-5-15/h1-7,9,11H,8,10H2. The third-order valence-corrected chi connectivity index (χ3v) is 4.77. The molecule has 0 spiro atoms. The molecule has 4 aromatic rings. The van der Waals surface area contributed by atoms with E-state index in [-0.39, 0.29) is 12.4 Å². The zero-order chi connectivity index (χ0) is 18.4. The molecule has 5 rings (SSSR count). The van der Waals surface area contributed by atoms with Crippen molar-refractivity contribution in [1.82, 2.24) is 24.5 Å². The lowest BCUT2D eigenvalue weighted by Gasteiger charge is -2.10. The number of halogens is 2. The second-order valence-corrected chi connectivity index (χ2v) is 6.63. The van der Waals surface area contributed by atoms with Gasteiger partial charge in [-0.05, 0) is 42.5 Å². The van der Waals surface area contributed by atoms with Gasteiger partial charge in [0.1, 0.15) is 18.2 Å². The fraction of sp³-hybridized carbons (Fsp3) is 0.105. The molecule has 8 heteroatoms. The molecule has 134 valence electrons. The summed E-state index contributed by atoms with van der Waals surface area (Å²) in [5.74, 6) is 0.292. The molecule has 0 saturated carbocycles. The van der Waals surface area contributed by atoms with Crippen molar-refractivity contribution in [3.8, 4) is 17.1 Å². The number of hydrogen-bond acceptors (Lipinski definition) is 4. The van der Waals surface area contributed by atoms with E-state index in [0.29, 0.717) is 17.2 Å². The van der Waals surface area contributed by atoms with Crippen LogP contribution in [0.5, 0.6) is 5.75 Å². The monoisotopic (exact) mass is 381 g/mol. The van der Waals surface area contributed by atoms with E-state index in [1.54, 1.807) is 29.3 Å². The Morgan fingerprint density at radius 3 is 2.81 bits per heavy atom. The van der Waals surface area contributed by atoms with Crippen LogP contribution >= 0.6 is 11.6 Å². The molecule has 0 bridgehead atoms. The van der Waals surface area contributed by atoms with Gasteiger partial charge in [-0.15, -0.1) is 5.10 Å². The predicted octanol–water partition coefficient (Wildman–Crippen LogP) is 3.73. The molecule has 1 aliphatic heterocycles. The maximum absolute atomic E-state index is 13.1. The van der Waals surface area contributed by atoms with E-state index in [2.05, 4.69) is 15.3 Å². The second kappa shape index (κ2) is 6.21. The Morgan fingerprint density at radius 2 is 1.96 bits per heavy atom. The van der Waals surface area contributed by atoms with Crippen LogP contribution in [0.15, 0.2) is 55.0 Å². The molecule has 0 aliphatic carbocycles. The average molecular weight is 382 g/mol. The summed E-state index contributed by atoms with van der Waals surface area (Å²) in [5, 5.41) is 8.86. The van der Waals surface area contributed by atoms with Crippen LogP contribution in [0.4, 0.5) is 4.39 Å². The van der Waals surface area contributed by atoms with E-state index < -0.39 is 0 Å². The largest absolute Gasteiger partial charge is 0.487 e. The summed E-state index contributed by atoms with van der Waals surface area (Å²) >= 11 is 6.19. The fourth-order valence-corrected chi connectivity index (χ4v) is 3.40. The van der Waals surface area contributed by atoms with Crippen LogP contribution in [0.1, 0.15) is 17.1 Å². The van der Waals surface area contributed by atoms with Gasteiger partial charge in [-0.1, -0.05) is 16.8 Å². The highest BCUT2D eigenvalue weighted by atomic mass is 35.5. The molecule has 0 fully saturated rings. The van der Waals surface area contributed by atoms with Crippen LogP contribution < -0.4 is 4.74 Å².